The molecule has 23 heteroatoms. The summed E-state index contributed by atoms with van der Waals surface area (Å²) >= 11 is 0.993. The average molecular weight is 818 g/mol. The number of anilines is 1. The third kappa shape index (κ3) is 11.3. The molecule has 3 atom stereocenters. The van der Waals surface area contributed by atoms with Crippen molar-refractivity contribution in [1.82, 2.24) is 20.3 Å². The van der Waals surface area contributed by atoms with E-state index in [1.54, 1.807) is 18.2 Å². The number of benzene rings is 1. The minimum Gasteiger partial charge on any atom is -0.542 e. The topological polar surface area (TPSA) is 273 Å². The molecule has 1 aromatic carbocycles. The molecule has 1 amide bonds. The summed E-state index contributed by atoms with van der Waals surface area (Å²) in [6, 6.07) is 9.09. The van der Waals surface area contributed by atoms with Crippen molar-refractivity contribution in [2.24, 2.45) is 17.0 Å². The van der Waals surface area contributed by atoms with Gasteiger partial charge in [-0.25, -0.2) is 9.78 Å². The van der Waals surface area contributed by atoms with Crippen molar-refractivity contribution < 1.29 is 69.4 Å². The first-order chi connectivity index (χ1) is 25.4. The zero-order valence-electron chi connectivity index (χ0n) is 29.5. The van der Waals surface area contributed by atoms with E-state index >= 15 is 0 Å². The highest BCUT2D eigenvalue weighted by Gasteiger charge is 2.57. The van der Waals surface area contributed by atoms with Crippen molar-refractivity contribution in [1.29, 1.82) is 0 Å². The summed E-state index contributed by atoms with van der Waals surface area (Å²) in [6.07, 6.45) is -5.41. The number of nitrogens with one attached hydrogen (secondary N) is 1. The number of ketones is 1. The van der Waals surface area contributed by atoms with Crippen molar-refractivity contribution in [2.45, 2.75) is 70.3 Å². The number of carbonyl (C=O) groups is 4. The van der Waals surface area contributed by atoms with Gasteiger partial charge in [0, 0.05) is 28.4 Å². The number of halogens is 3. The second-order valence-electron chi connectivity index (χ2n) is 13.7. The molecule has 2 aromatic heterocycles. The number of ether oxygens (including phenoxy) is 1. The fourth-order valence-electron chi connectivity index (χ4n) is 5.80. The van der Waals surface area contributed by atoms with Gasteiger partial charge in [-0.05, 0) is 77.3 Å². The Morgan fingerprint density at radius 2 is 1.85 bits per heavy atom. The molecule has 0 spiro atoms. The third-order valence-electron chi connectivity index (χ3n) is 8.53. The largest absolute Gasteiger partial charge is 0.542 e. The number of amides is 1. The molecule has 55 heavy (non-hydrogen) atoms. The van der Waals surface area contributed by atoms with Gasteiger partial charge in [0.25, 0.3) is 12.0 Å². The number of hydrogen-bond acceptors (Lipinski definition) is 16. The predicted octanol–water partition coefficient (Wildman–Crippen LogP) is 1.69. The van der Waals surface area contributed by atoms with Crippen LogP contribution in [-0.2, 0) is 45.1 Å². The number of carboxylic acids is 2. The lowest BCUT2D eigenvalue weighted by Crippen LogP contribution is -2.68. The van der Waals surface area contributed by atoms with Gasteiger partial charge in [-0.2, -0.15) is 26.7 Å². The number of Topliss-reactive ketones (excluding diaryl/α,β-unsaturated/α-hetero) is 1. The Kier molecular flexibility index (Phi) is 12.8. The lowest BCUT2D eigenvalue weighted by molar-refractivity contribution is -0.344. The lowest BCUT2D eigenvalue weighted by Gasteiger charge is -2.50. The molecule has 18 nitrogen and oxygen atoms in total. The fourth-order valence-corrected chi connectivity index (χ4v) is 6.80. The van der Waals surface area contributed by atoms with Crippen LogP contribution >= 0.6 is 11.3 Å². The maximum atomic E-state index is 13.4. The van der Waals surface area contributed by atoms with Crippen molar-refractivity contribution in [3.05, 3.63) is 47.1 Å². The van der Waals surface area contributed by atoms with Gasteiger partial charge in [-0.15, -0.1) is 15.6 Å². The molecule has 2 aliphatic rings. The molecule has 2 aliphatic heterocycles. The van der Waals surface area contributed by atoms with Crippen molar-refractivity contribution in [3.8, 4) is 5.75 Å². The molecule has 0 bridgehead atoms. The Bertz CT molecular complexity index is 2090. The highest BCUT2D eigenvalue weighted by Crippen LogP contribution is 2.40. The zero-order valence-corrected chi connectivity index (χ0v) is 31.2. The molecule has 5 rings (SSSR count). The molecule has 5 N–H and O–H groups in total. The number of thiazole rings is 1. The number of carbonyl (C=O) groups excluding carboxylic acids is 3. The summed E-state index contributed by atoms with van der Waals surface area (Å²) in [7, 11) is -4.99. The average Bonchev–Trinajstić information content (AvgIpc) is 3.66. The minimum absolute atomic E-state index is 0.0162. The number of pyridine rings is 1. The number of rotatable bonds is 14. The standard InChI is InChI=1S/C30H36N6O10S2.C2HF3O2/c1-29(2)12-16(13-32-29)9-18-6-5-17-10-19(7-8-21(17)33-18)44-14-24(27(39)40)45-35-25(22-15-47-28(31)34-22)23(37)11-20-26(38)36(30(20,3)4)46-48(41,42)43;3-2(4,5)1(6)7/h5-8,10,15-16,20,24,32H,9,11-14H2,1-4H3,(H2,31,34)(H,39,40)(H,41,42,43);(H,6,7)/p-1/b35-25-;/t16?,20?,24-;/m0./s1. The van der Waals surface area contributed by atoms with Gasteiger partial charge < -0.3 is 35.6 Å². The molecule has 0 aliphatic carbocycles. The van der Waals surface area contributed by atoms with Crippen LogP contribution in [0.5, 0.6) is 5.75 Å². The maximum absolute atomic E-state index is 13.4. The lowest BCUT2D eigenvalue weighted by atomic mass is 9.74. The summed E-state index contributed by atoms with van der Waals surface area (Å²) in [5.41, 5.74) is 5.87. The zero-order chi connectivity index (χ0) is 41.1. The van der Waals surface area contributed by atoms with Gasteiger partial charge in [-0.3, -0.25) is 19.1 Å². The van der Waals surface area contributed by atoms with Crippen molar-refractivity contribution >= 4 is 67.1 Å². The van der Waals surface area contributed by atoms with E-state index in [0.717, 1.165) is 47.3 Å². The van der Waals surface area contributed by atoms with Crippen LogP contribution in [0.15, 0.2) is 40.9 Å². The van der Waals surface area contributed by atoms with Gasteiger partial charge >= 0.3 is 22.5 Å². The Balaban J connectivity index is 0.000000876. The summed E-state index contributed by atoms with van der Waals surface area (Å²) in [5.74, 6) is -6.28. The van der Waals surface area contributed by atoms with Gasteiger partial charge in [0.1, 0.15) is 24.0 Å². The number of hydroxylamine groups is 2. The van der Waals surface area contributed by atoms with E-state index in [1.807, 2.05) is 12.1 Å². The van der Waals surface area contributed by atoms with Crippen LogP contribution in [0.3, 0.4) is 0 Å². The Morgan fingerprint density at radius 1 is 1.18 bits per heavy atom. The second-order valence-corrected chi connectivity index (χ2v) is 15.6. The summed E-state index contributed by atoms with van der Waals surface area (Å²) in [4.78, 5) is 60.9. The maximum Gasteiger partial charge on any atom is 0.430 e. The quantitative estimate of drug-likeness (QED) is 0.0780. The van der Waals surface area contributed by atoms with E-state index < -0.39 is 76.5 Å². The molecule has 2 fully saturated rings. The molecule has 3 aromatic rings. The van der Waals surface area contributed by atoms with Crippen LogP contribution in [0.2, 0.25) is 0 Å². The minimum atomic E-state index is -5.19. The smallest absolute Gasteiger partial charge is 0.430 e. The number of oxime groups is 1. The van der Waals surface area contributed by atoms with Gasteiger partial charge in [0.15, 0.2) is 16.6 Å². The summed E-state index contributed by atoms with van der Waals surface area (Å²) in [5, 5.41) is 28.7. The Labute approximate surface area is 315 Å². The summed E-state index contributed by atoms with van der Waals surface area (Å²) < 4.78 is 72.8. The number of β-lactam (4-membered cyclic amide) rings is 1. The SMILES string of the molecule is CC1(C)CC(Cc2ccc3cc(OC[C@H](O/N=C(\C(=O)CC4C(=O)N(OS(=O)(=O)O)C4(C)C)c4csc(N)n4)C(=O)O)ccc3n2)CN1.O=C([O-])C(F)(F)F. The van der Waals surface area contributed by atoms with Crippen molar-refractivity contribution in [3.63, 3.8) is 0 Å². The number of aromatic nitrogens is 2. The number of aliphatic carboxylic acids is 2. The number of hydrogen-bond donors (Lipinski definition) is 4. The van der Waals surface area contributed by atoms with Gasteiger partial charge in [0.05, 0.1) is 17.0 Å². The van der Waals surface area contributed by atoms with Crippen LogP contribution < -0.4 is 20.9 Å². The second kappa shape index (κ2) is 16.4. The highest BCUT2D eigenvalue weighted by atomic mass is 32.3. The van der Waals surface area contributed by atoms with Crippen LogP contribution in [-0.4, -0.2) is 99.0 Å². The molecular formula is C32H36F3N6O12S2-. The fraction of sp³-hybridized carbons (Fsp3) is 0.469. The molecule has 0 radical (unpaired) electrons. The Hall–Kier alpha value is -4.97. The number of nitrogens with two attached hydrogens (primary N) is 1. The van der Waals surface area contributed by atoms with Gasteiger partial charge in [-0.1, -0.05) is 11.2 Å². The molecule has 2 saturated heterocycles. The molecule has 300 valence electrons. The number of nitrogens with zero attached hydrogens (tertiary/aromatic N) is 4. The van der Waals surface area contributed by atoms with E-state index in [0.29, 0.717) is 16.7 Å². The number of nitrogen functional groups attached to an aromatic ring is 1. The first kappa shape index (κ1) is 42.8. The van der Waals surface area contributed by atoms with Crippen LogP contribution in [0, 0.1) is 11.8 Å². The number of fused-ring (bicyclic) bond motifs is 1. The molecule has 4 heterocycles. The number of alkyl halides is 3. The van der Waals surface area contributed by atoms with E-state index in [1.165, 1.54) is 19.2 Å². The Morgan fingerprint density at radius 3 is 2.38 bits per heavy atom. The van der Waals surface area contributed by atoms with Crippen molar-refractivity contribution in [2.75, 3.05) is 18.9 Å². The van der Waals surface area contributed by atoms with E-state index in [-0.39, 0.29) is 16.4 Å². The predicted molar refractivity (Wildman–Crippen MR) is 184 cm³/mol. The third-order valence-corrected chi connectivity index (χ3v) is 9.54. The normalized spacial score (nSPS) is 19.9. The highest BCUT2D eigenvalue weighted by molar-refractivity contribution is 7.80. The first-order valence-corrected chi connectivity index (χ1v) is 18.4. The van der Waals surface area contributed by atoms with Crippen LogP contribution in [0.1, 0.15) is 51.9 Å². The molecule has 2 unspecified atom stereocenters. The van der Waals surface area contributed by atoms with Crippen LogP contribution in [0.25, 0.3) is 10.9 Å². The van der Waals surface area contributed by atoms with Crippen LogP contribution in [0.4, 0.5) is 18.3 Å². The monoisotopic (exact) mass is 817 g/mol. The van der Waals surface area contributed by atoms with E-state index in [9.17, 15) is 41.1 Å². The summed E-state index contributed by atoms with van der Waals surface area (Å²) in [6.45, 7) is 7.70. The first-order valence-electron chi connectivity index (χ1n) is 16.1. The van der Waals surface area contributed by atoms with Gasteiger partial charge in [0.2, 0.25) is 0 Å². The van der Waals surface area contributed by atoms with E-state index in [2.05, 4.69) is 33.6 Å². The molecule has 0 saturated carbocycles. The van der Waals surface area contributed by atoms with E-state index in [4.69, 9.17) is 34.7 Å². The number of carboxylic acid groups (broad SMARTS) is 2. The molecular weight excluding hydrogens is 782 g/mol.